The van der Waals surface area contributed by atoms with Crippen molar-refractivity contribution >= 4 is 49.5 Å². The van der Waals surface area contributed by atoms with Crippen molar-refractivity contribution in [3.8, 4) is 11.5 Å². The zero-order valence-corrected chi connectivity index (χ0v) is 21.4. The molecule has 0 bridgehead atoms. The minimum atomic E-state index is -3.47. The summed E-state index contributed by atoms with van der Waals surface area (Å²) in [6, 6.07) is 10.3. The first-order valence-electron chi connectivity index (χ1n) is 10.4. The van der Waals surface area contributed by atoms with Crippen LogP contribution in [0.2, 0.25) is 10.0 Å². The Labute approximate surface area is 208 Å². The Morgan fingerprint density at radius 3 is 2.30 bits per heavy atom. The lowest BCUT2D eigenvalue weighted by atomic mass is 10.1. The molecule has 0 atom stereocenters. The maximum Gasteiger partial charge on any atom is 0.185 e. The second-order valence-corrected chi connectivity index (χ2v) is 11.7. The molecule has 1 saturated heterocycles. The number of methoxy groups -OCH3 is 2. The van der Waals surface area contributed by atoms with Crippen molar-refractivity contribution in [2.24, 2.45) is 0 Å². The number of halogens is 2. The summed E-state index contributed by atoms with van der Waals surface area (Å²) in [6.07, 6.45) is 1.72. The molecular formula is C23H24Cl2N2O4S2. The van der Waals surface area contributed by atoms with E-state index in [1.807, 2.05) is 23.6 Å². The largest absolute Gasteiger partial charge is 0.497 e. The summed E-state index contributed by atoms with van der Waals surface area (Å²) in [6.45, 7) is 1.26. The Bertz CT molecular complexity index is 1220. The number of aromatic nitrogens is 1. The number of sulfone groups is 1. The molecule has 1 aliphatic heterocycles. The number of piperidine rings is 1. The molecule has 2 heterocycles. The molecule has 0 amide bonds. The molecule has 4 rings (SSSR count). The third kappa shape index (κ3) is 5.40. The molecule has 0 N–H and O–H groups in total. The fourth-order valence-corrected chi connectivity index (χ4v) is 6.90. The van der Waals surface area contributed by atoms with E-state index in [0.717, 1.165) is 27.9 Å². The lowest BCUT2D eigenvalue weighted by molar-refractivity contribution is 0.393. The van der Waals surface area contributed by atoms with Crippen molar-refractivity contribution in [1.29, 1.82) is 0 Å². The molecule has 10 heteroatoms. The fourth-order valence-electron chi connectivity index (χ4n) is 3.90. The van der Waals surface area contributed by atoms with E-state index in [2.05, 4.69) is 4.90 Å². The second-order valence-electron chi connectivity index (χ2n) is 7.83. The molecule has 1 aromatic heterocycles. The minimum absolute atomic E-state index is 0.223. The number of rotatable bonds is 7. The van der Waals surface area contributed by atoms with Gasteiger partial charge in [0.1, 0.15) is 11.5 Å². The highest BCUT2D eigenvalue weighted by molar-refractivity contribution is 7.92. The van der Waals surface area contributed by atoms with E-state index < -0.39 is 15.1 Å². The molecule has 33 heavy (non-hydrogen) atoms. The van der Waals surface area contributed by atoms with Crippen LogP contribution in [0.5, 0.6) is 11.5 Å². The van der Waals surface area contributed by atoms with Gasteiger partial charge in [0, 0.05) is 31.0 Å². The van der Waals surface area contributed by atoms with Gasteiger partial charge in [0.05, 0.1) is 40.1 Å². The summed E-state index contributed by atoms with van der Waals surface area (Å²) in [5, 5.41) is 3.09. The van der Waals surface area contributed by atoms with Gasteiger partial charge in [0.2, 0.25) is 0 Å². The number of ether oxygens (including phenoxy) is 2. The van der Waals surface area contributed by atoms with E-state index in [0.29, 0.717) is 37.4 Å². The van der Waals surface area contributed by atoms with E-state index in [4.69, 9.17) is 37.7 Å². The number of hydrogen-bond acceptors (Lipinski definition) is 7. The van der Waals surface area contributed by atoms with E-state index in [1.165, 1.54) is 18.2 Å². The topological polar surface area (TPSA) is 68.7 Å². The summed E-state index contributed by atoms with van der Waals surface area (Å²) in [4.78, 5) is 7.16. The predicted molar refractivity (Wildman–Crippen MR) is 133 cm³/mol. The SMILES string of the molecule is COc1cc(Cc2csc(N3CCC(S(=O)(=O)c4ccc(Cl)c(Cl)c4)CC3)n2)cc(OC)c1. The third-order valence-electron chi connectivity index (χ3n) is 5.71. The van der Waals surface area contributed by atoms with Gasteiger partial charge in [0.25, 0.3) is 0 Å². The highest BCUT2D eigenvalue weighted by atomic mass is 35.5. The summed E-state index contributed by atoms with van der Waals surface area (Å²) >= 11 is 13.5. The fraction of sp³-hybridized carbons (Fsp3) is 0.348. The molecule has 176 valence electrons. The van der Waals surface area contributed by atoms with E-state index in [9.17, 15) is 8.42 Å². The maximum atomic E-state index is 13.1. The predicted octanol–water partition coefficient (Wildman–Crippen LogP) is 5.50. The first-order chi connectivity index (χ1) is 15.8. The van der Waals surface area contributed by atoms with E-state index >= 15 is 0 Å². The maximum absolute atomic E-state index is 13.1. The van der Waals surface area contributed by atoms with Crippen molar-refractivity contribution in [3.05, 3.63) is 63.1 Å². The van der Waals surface area contributed by atoms with Crippen molar-refractivity contribution in [2.45, 2.75) is 29.4 Å². The van der Waals surface area contributed by atoms with Crippen LogP contribution in [0.3, 0.4) is 0 Å². The Balaban J connectivity index is 1.41. The molecule has 3 aromatic rings. The van der Waals surface area contributed by atoms with Gasteiger partial charge in [-0.3, -0.25) is 0 Å². The Kier molecular flexibility index (Phi) is 7.38. The van der Waals surface area contributed by atoms with Gasteiger partial charge in [-0.25, -0.2) is 13.4 Å². The van der Waals surface area contributed by atoms with Crippen LogP contribution in [-0.4, -0.2) is 46.0 Å². The van der Waals surface area contributed by atoms with Gasteiger partial charge in [-0.05, 0) is 48.7 Å². The first-order valence-corrected chi connectivity index (χ1v) is 13.6. The lowest BCUT2D eigenvalue weighted by Gasteiger charge is -2.31. The highest BCUT2D eigenvalue weighted by Gasteiger charge is 2.32. The lowest BCUT2D eigenvalue weighted by Crippen LogP contribution is -2.39. The number of thiazole rings is 1. The van der Waals surface area contributed by atoms with Crippen molar-refractivity contribution in [2.75, 3.05) is 32.2 Å². The molecule has 2 aromatic carbocycles. The van der Waals surface area contributed by atoms with Crippen LogP contribution in [0.25, 0.3) is 0 Å². The Hall–Kier alpha value is -2.00. The normalized spacial score (nSPS) is 15.0. The van der Waals surface area contributed by atoms with Gasteiger partial charge >= 0.3 is 0 Å². The minimum Gasteiger partial charge on any atom is -0.497 e. The van der Waals surface area contributed by atoms with Crippen LogP contribution in [0.1, 0.15) is 24.1 Å². The molecule has 1 fully saturated rings. The summed E-state index contributed by atoms with van der Waals surface area (Å²) in [7, 11) is -0.207. The molecule has 0 aliphatic carbocycles. The van der Waals surface area contributed by atoms with Gasteiger partial charge in [-0.2, -0.15) is 0 Å². The quantitative estimate of drug-likeness (QED) is 0.404. The molecule has 1 aliphatic rings. The standard InChI is InChI=1S/C23H24Cl2N2O4S2/c1-30-17-10-15(11-18(12-17)31-2)9-16-14-32-23(26-16)27-7-5-19(6-8-27)33(28,29)20-3-4-21(24)22(25)13-20/h3-4,10-14,19H,5-9H2,1-2H3. The van der Waals surface area contributed by atoms with Crippen LogP contribution in [0.15, 0.2) is 46.7 Å². The van der Waals surface area contributed by atoms with Gasteiger partial charge in [-0.1, -0.05) is 23.2 Å². The second kappa shape index (κ2) is 10.1. The van der Waals surface area contributed by atoms with E-state index in [-0.39, 0.29) is 9.92 Å². The van der Waals surface area contributed by atoms with Crippen molar-refractivity contribution in [3.63, 3.8) is 0 Å². The Morgan fingerprint density at radius 1 is 1.03 bits per heavy atom. The van der Waals surface area contributed by atoms with Crippen molar-refractivity contribution in [1.82, 2.24) is 4.98 Å². The summed E-state index contributed by atoms with van der Waals surface area (Å²) < 4.78 is 36.8. The van der Waals surface area contributed by atoms with Crippen LogP contribution < -0.4 is 14.4 Å². The Morgan fingerprint density at radius 2 is 1.70 bits per heavy atom. The number of benzene rings is 2. The average molecular weight is 527 g/mol. The van der Waals surface area contributed by atoms with Gasteiger partial charge in [-0.15, -0.1) is 11.3 Å². The zero-order chi connectivity index (χ0) is 23.6. The first kappa shape index (κ1) is 24.1. The summed E-state index contributed by atoms with van der Waals surface area (Å²) in [5.74, 6) is 1.48. The van der Waals surface area contributed by atoms with Crippen LogP contribution in [0, 0.1) is 0 Å². The van der Waals surface area contributed by atoms with Gasteiger partial charge in [0.15, 0.2) is 15.0 Å². The molecule has 6 nitrogen and oxygen atoms in total. The van der Waals surface area contributed by atoms with Crippen LogP contribution in [0.4, 0.5) is 5.13 Å². The number of nitrogens with zero attached hydrogens (tertiary/aromatic N) is 2. The van der Waals surface area contributed by atoms with Gasteiger partial charge < -0.3 is 14.4 Å². The summed E-state index contributed by atoms with van der Waals surface area (Å²) in [5.41, 5.74) is 2.00. The number of anilines is 1. The number of hydrogen-bond donors (Lipinski definition) is 0. The monoisotopic (exact) mass is 526 g/mol. The smallest absolute Gasteiger partial charge is 0.185 e. The highest BCUT2D eigenvalue weighted by Crippen LogP contribution is 2.32. The third-order valence-corrected chi connectivity index (χ3v) is 9.66. The molecular weight excluding hydrogens is 503 g/mol. The molecule has 0 radical (unpaired) electrons. The molecule has 0 unspecified atom stereocenters. The molecule has 0 saturated carbocycles. The average Bonchev–Trinajstić information content (AvgIpc) is 3.29. The van der Waals surface area contributed by atoms with Crippen molar-refractivity contribution < 1.29 is 17.9 Å². The van der Waals surface area contributed by atoms with Crippen LogP contribution in [-0.2, 0) is 16.3 Å². The van der Waals surface area contributed by atoms with E-state index in [1.54, 1.807) is 25.6 Å². The zero-order valence-electron chi connectivity index (χ0n) is 18.3. The molecule has 0 spiro atoms. The van der Waals surface area contributed by atoms with Crippen LogP contribution >= 0.6 is 34.5 Å².